The molecule has 1 aliphatic heterocycles. The van der Waals surface area contributed by atoms with Crippen LogP contribution in [0.5, 0.6) is 0 Å². The molecular weight excluding hydrogens is 226 g/mol. The second-order valence-corrected chi connectivity index (χ2v) is 4.88. The fourth-order valence-corrected chi connectivity index (χ4v) is 2.41. The van der Waals surface area contributed by atoms with Crippen LogP contribution in [0.3, 0.4) is 0 Å². The van der Waals surface area contributed by atoms with Crippen LogP contribution < -0.4 is 4.90 Å². The Morgan fingerprint density at radius 1 is 1.28 bits per heavy atom. The van der Waals surface area contributed by atoms with Crippen LogP contribution in [0, 0.1) is 5.92 Å². The summed E-state index contributed by atoms with van der Waals surface area (Å²) < 4.78 is 1.74. The summed E-state index contributed by atoms with van der Waals surface area (Å²) in [5.41, 5.74) is 0. The van der Waals surface area contributed by atoms with E-state index in [0.29, 0.717) is 0 Å². The molecule has 0 spiro atoms. The number of hydrogen-bond donors (Lipinski definition) is 0. The van der Waals surface area contributed by atoms with Gasteiger partial charge in [-0.2, -0.15) is 5.10 Å². The second-order valence-electron chi connectivity index (χ2n) is 4.88. The van der Waals surface area contributed by atoms with Crippen molar-refractivity contribution in [3.63, 3.8) is 0 Å². The summed E-state index contributed by atoms with van der Waals surface area (Å²) in [4.78, 5) is 11.2. The SMILES string of the molecule is C[C@H]1CCCN(c2cncc(-n3cccn3)n2)C1. The maximum Gasteiger partial charge on any atom is 0.173 e. The second kappa shape index (κ2) is 4.76. The molecule has 5 nitrogen and oxygen atoms in total. The van der Waals surface area contributed by atoms with Crippen molar-refractivity contribution in [2.45, 2.75) is 19.8 Å². The molecule has 1 fully saturated rings. The Morgan fingerprint density at radius 2 is 2.17 bits per heavy atom. The molecule has 0 bridgehead atoms. The van der Waals surface area contributed by atoms with E-state index in [0.717, 1.165) is 30.6 Å². The van der Waals surface area contributed by atoms with Gasteiger partial charge in [-0.15, -0.1) is 0 Å². The average molecular weight is 243 g/mol. The summed E-state index contributed by atoms with van der Waals surface area (Å²) in [6.07, 6.45) is 9.75. The van der Waals surface area contributed by atoms with Crippen LogP contribution in [0.2, 0.25) is 0 Å². The highest BCUT2D eigenvalue weighted by atomic mass is 15.3. The molecule has 0 aromatic carbocycles. The number of rotatable bonds is 2. The highest BCUT2D eigenvalue weighted by Gasteiger charge is 2.18. The number of nitrogens with zero attached hydrogens (tertiary/aromatic N) is 5. The summed E-state index contributed by atoms with van der Waals surface area (Å²) in [5.74, 6) is 2.46. The van der Waals surface area contributed by atoms with Crippen LogP contribution in [0.25, 0.3) is 5.82 Å². The van der Waals surface area contributed by atoms with Crippen molar-refractivity contribution in [3.05, 3.63) is 30.9 Å². The smallest absolute Gasteiger partial charge is 0.173 e. The molecule has 0 aliphatic carbocycles. The van der Waals surface area contributed by atoms with E-state index in [4.69, 9.17) is 0 Å². The van der Waals surface area contributed by atoms with Crippen molar-refractivity contribution in [1.82, 2.24) is 19.7 Å². The van der Waals surface area contributed by atoms with E-state index in [1.54, 1.807) is 17.1 Å². The van der Waals surface area contributed by atoms with Gasteiger partial charge in [-0.3, -0.25) is 4.98 Å². The number of hydrogen-bond acceptors (Lipinski definition) is 4. The molecule has 2 aromatic rings. The van der Waals surface area contributed by atoms with Gasteiger partial charge in [-0.25, -0.2) is 9.67 Å². The fraction of sp³-hybridized carbons (Fsp3) is 0.462. The van der Waals surface area contributed by atoms with Gasteiger partial charge in [-0.1, -0.05) is 6.92 Å². The molecule has 0 saturated carbocycles. The van der Waals surface area contributed by atoms with Gasteiger partial charge < -0.3 is 4.90 Å². The van der Waals surface area contributed by atoms with Crippen LogP contribution >= 0.6 is 0 Å². The van der Waals surface area contributed by atoms with E-state index in [1.807, 2.05) is 18.5 Å². The third-order valence-corrected chi connectivity index (χ3v) is 3.33. The zero-order valence-corrected chi connectivity index (χ0v) is 10.5. The summed E-state index contributed by atoms with van der Waals surface area (Å²) in [6.45, 7) is 4.43. The molecule has 1 saturated heterocycles. The van der Waals surface area contributed by atoms with E-state index in [2.05, 4.69) is 26.9 Å². The third kappa shape index (κ3) is 2.20. The standard InChI is InChI=1S/C13H17N5/c1-11-4-2-6-17(10-11)12-8-14-9-13(16-12)18-7-3-5-15-18/h3,5,7-9,11H,2,4,6,10H2,1H3/t11-/m0/s1. The Balaban J connectivity index is 1.86. The maximum atomic E-state index is 4.64. The first-order valence-corrected chi connectivity index (χ1v) is 6.40. The lowest BCUT2D eigenvalue weighted by molar-refractivity contribution is 0.444. The van der Waals surface area contributed by atoms with E-state index >= 15 is 0 Å². The Hall–Kier alpha value is -1.91. The van der Waals surface area contributed by atoms with Crippen LogP contribution in [-0.2, 0) is 0 Å². The summed E-state index contributed by atoms with van der Waals surface area (Å²) in [7, 11) is 0. The van der Waals surface area contributed by atoms with Crippen molar-refractivity contribution in [2.75, 3.05) is 18.0 Å². The highest BCUT2D eigenvalue weighted by Crippen LogP contribution is 2.21. The van der Waals surface area contributed by atoms with Crippen LogP contribution in [0.15, 0.2) is 30.9 Å². The molecule has 0 unspecified atom stereocenters. The van der Waals surface area contributed by atoms with E-state index in [-0.39, 0.29) is 0 Å². The van der Waals surface area contributed by atoms with Gasteiger partial charge in [0.15, 0.2) is 5.82 Å². The minimum absolute atomic E-state index is 0.730. The van der Waals surface area contributed by atoms with Crippen molar-refractivity contribution in [1.29, 1.82) is 0 Å². The molecular formula is C13H17N5. The third-order valence-electron chi connectivity index (χ3n) is 3.33. The first-order valence-electron chi connectivity index (χ1n) is 6.40. The predicted molar refractivity (Wildman–Crippen MR) is 69.8 cm³/mol. The molecule has 3 heterocycles. The van der Waals surface area contributed by atoms with Gasteiger partial charge in [0.1, 0.15) is 5.82 Å². The van der Waals surface area contributed by atoms with E-state index in [1.165, 1.54) is 12.8 Å². The van der Waals surface area contributed by atoms with Gasteiger partial charge >= 0.3 is 0 Å². The summed E-state index contributed by atoms with van der Waals surface area (Å²) >= 11 is 0. The van der Waals surface area contributed by atoms with Gasteiger partial charge in [0.05, 0.1) is 12.4 Å². The summed E-state index contributed by atoms with van der Waals surface area (Å²) in [6, 6.07) is 1.89. The zero-order chi connectivity index (χ0) is 12.4. The quantitative estimate of drug-likeness (QED) is 0.808. The average Bonchev–Trinajstić information content (AvgIpc) is 2.93. The van der Waals surface area contributed by atoms with Gasteiger partial charge in [-0.05, 0) is 24.8 Å². The van der Waals surface area contributed by atoms with Crippen molar-refractivity contribution in [2.24, 2.45) is 5.92 Å². The first-order chi connectivity index (χ1) is 8.83. The lowest BCUT2D eigenvalue weighted by Crippen LogP contribution is -2.35. The van der Waals surface area contributed by atoms with Gasteiger partial charge in [0.2, 0.25) is 0 Å². The molecule has 1 atom stereocenters. The lowest BCUT2D eigenvalue weighted by Gasteiger charge is -2.31. The maximum absolute atomic E-state index is 4.64. The van der Waals surface area contributed by atoms with Crippen molar-refractivity contribution < 1.29 is 0 Å². The molecule has 3 rings (SSSR count). The first kappa shape index (κ1) is 11.2. The lowest BCUT2D eigenvalue weighted by atomic mass is 10.0. The molecule has 0 amide bonds. The minimum atomic E-state index is 0.730. The molecule has 5 heteroatoms. The highest BCUT2D eigenvalue weighted by molar-refractivity contribution is 5.39. The minimum Gasteiger partial charge on any atom is -0.355 e. The van der Waals surface area contributed by atoms with Crippen LogP contribution in [0.1, 0.15) is 19.8 Å². The molecule has 18 heavy (non-hydrogen) atoms. The molecule has 2 aromatic heterocycles. The van der Waals surface area contributed by atoms with E-state index < -0.39 is 0 Å². The largest absolute Gasteiger partial charge is 0.355 e. The topological polar surface area (TPSA) is 46.8 Å². The normalized spacial score (nSPS) is 20.1. The van der Waals surface area contributed by atoms with Crippen molar-refractivity contribution >= 4 is 5.82 Å². The molecule has 0 radical (unpaired) electrons. The number of piperidine rings is 1. The predicted octanol–water partition coefficient (Wildman–Crippen LogP) is 1.90. The van der Waals surface area contributed by atoms with Crippen LogP contribution in [-0.4, -0.2) is 32.8 Å². The fourth-order valence-electron chi connectivity index (χ4n) is 2.41. The Morgan fingerprint density at radius 3 is 2.94 bits per heavy atom. The molecule has 94 valence electrons. The number of aromatic nitrogens is 4. The van der Waals surface area contributed by atoms with E-state index in [9.17, 15) is 0 Å². The Bertz CT molecular complexity index is 508. The summed E-state index contributed by atoms with van der Waals surface area (Å²) in [5, 5.41) is 4.18. The van der Waals surface area contributed by atoms with Gasteiger partial charge in [0, 0.05) is 25.5 Å². The molecule has 0 N–H and O–H groups in total. The van der Waals surface area contributed by atoms with Crippen molar-refractivity contribution in [3.8, 4) is 5.82 Å². The Labute approximate surface area is 106 Å². The zero-order valence-electron chi connectivity index (χ0n) is 10.5. The Kier molecular flexibility index (Phi) is 2.96. The molecule has 1 aliphatic rings. The monoisotopic (exact) mass is 243 g/mol. The van der Waals surface area contributed by atoms with Gasteiger partial charge in [0.25, 0.3) is 0 Å². The number of anilines is 1. The van der Waals surface area contributed by atoms with Crippen LogP contribution in [0.4, 0.5) is 5.82 Å².